The van der Waals surface area contributed by atoms with Crippen molar-refractivity contribution in [1.29, 1.82) is 0 Å². The highest BCUT2D eigenvalue weighted by Gasteiger charge is 2.34. The van der Waals surface area contributed by atoms with Crippen LogP contribution in [0.15, 0.2) is 42.6 Å². The van der Waals surface area contributed by atoms with Gasteiger partial charge >= 0.3 is 0 Å². The number of benzene rings is 1. The van der Waals surface area contributed by atoms with Gasteiger partial charge in [0, 0.05) is 49.7 Å². The minimum atomic E-state index is -1.12. The first kappa shape index (κ1) is 24.8. The number of anilines is 3. The Morgan fingerprint density at radius 1 is 1.05 bits per heavy atom. The van der Waals surface area contributed by atoms with Crippen LogP contribution in [0.25, 0.3) is 16.9 Å². The number of likely N-dealkylation sites (N-methyl/N-ethyl adjacent to an activating group) is 1. The van der Waals surface area contributed by atoms with Crippen molar-refractivity contribution in [3.05, 3.63) is 65.4 Å². The number of aliphatic hydroxyl groups is 1. The smallest absolute Gasteiger partial charge is 0.229 e. The lowest BCUT2D eigenvalue weighted by Gasteiger charge is -2.35. The molecule has 4 heterocycles. The van der Waals surface area contributed by atoms with Crippen molar-refractivity contribution in [3.63, 3.8) is 0 Å². The monoisotopic (exact) mass is 515 g/mol. The Morgan fingerprint density at radius 3 is 2.50 bits per heavy atom. The second-order valence-electron chi connectivity index (χ2n) is 11.1. The lowest BCUT2D eigenvalue weighted by Crippen LogP contribution is -2.44. The molecule has 0 bridgehead atoms. The molecule has 0 amide bonds. The topological polar surface area (TPSA) is 82.3 Å². The van der Waals surface area contributed by atoms with Crippen molar-refractivity contribution in [2.45, 2.75) is 45.1 Å². The molecule has 8 nitrogen and oxygen atoms in total. The largest absolute Gasteiger partial charge is 0.384 e. The fourth-order valence-electron chi connectivity index (χ4n) is 5.21. The van der Waals surface area contributed by atoms with Crippen LogP contribution in [0.1, 0.15) is 49.6 Å². The number of hydrogen-bond acceptors (Lipinski definition) is 7. The summed E-state index contributed by atoms with van der Waals surface area (Å²) in [7, 11) is 2.16. The average Bonchev–Trinajstić information content (AvgIpc) is 3.68. The molecule has 0 atom stereocenters. The number of rotatable bonds is 6. The zero-order chi connectivity index (χ0) is 26.6. The van der Waals surface area contributed by atoms with Crippen LogP contribution in [0.4, 0.5) is 21.7 Å². The Kier molecular flexibility index (Phi) is 6.07. The summed E-state index contributed by atoms with van der Waals surface area (Å²) in [6.45, 7) is 9.64. The Balaban J connectivity index is 1.36. The van der Waals surface area contributed by atoms with Crippen LogP contribution < -0.4 is 10.2 Å². The van der Waals surface area contributed by atoms with Gasteiger partial charge in [-0.3, -0.25) is 4.57 Å². The number of aryl methyl sites for hydroxylation is 1. The van der Waals surface area contributed by atoms with E-state index in [1.54, 1.807) is 30.7 Å². The summed E-state index contributed by atoms with van der Waals surface area (Å²) in [4.78, 5) is 18.7. The van der Waals surface area contributed by atoms with Crippen molar-refractivity contribution in [2.24, 2.45) is 0 Å². The van der Waals surface area contributed by atoms with E-state index in [-0.39, 0.29) is 11.7 Å². The molecule has 198 valence electrons. The van der Waals surface area contributed by atoms with E-state index < -0.39 is 5.60 Å². The second kappa shape index (κ2) is 9.32. The first-order valence-electron chi connectivity index (χ1n) is 13.3. The van der Waals surface area contributed by atoms with Crippen LogP contribution in [-0.4, -0.2) is 62.8 Å². The fraction of sp³-hybridized carbons (Fsp3) is 0.414. The maximum Gasteiger partial charge on any atom is 0.229 e. The number of pyridine rings is 1. The number of aromatic nitrogens is 4. The van der Waals surface area contributed by atoms with Crippen molar-refractivity contribution >= 4 is 28.4 Å². The molecule has 2 aliphatic rings. The molecule has 9 heteroatoms. The quantitative estimate of drug-likeness (QED) is 0.379. The predicted molar refractivity (Wildman–Crippen MR) is 148 cm³/mol. The summed E-state index contributed by atoms with van der Waals surface area (Å²) < 4.78 is 17.4. The number of nitrogens with one attached hydrogen (secondary N) is 1. The minimum Gasteiger partial charge on any atom is -0.384 e. The van der Waals surface area contributed by atoms with Gasteiger partial charge in [0.05, 0.1) is 16.8 Å². The van der Waals surface area contributed by atoms with Gasteiger partial charge in [0.15, 0.2) is 11.5 Å². The van der Waals surface area contributed by atoms with Crippen LogP contribution in [0.3, 0.4) is 0 Å². The van der Waals surface area contributed by atoms with E-state index in [1.165, 1.54) is 11.3 Å². The van der Waals surface area contributed by atoms with E-state index in [0.717, 1.165) is 44.7 Å². The molecular formula is C29H34FN7O. The van der Waals surface area contributed by atoms with Crippen molar-refractivity contribution in [1.82, 2.24) is 24.4 Å². The lowest BCUT2D eigenvalue weighted by atomic mass is 10.1. The highest BCUT2D eigenvalue weighted by atomic mass is 19.1. The number of piperazine rings is 1. The van der Waals surface area contributed by atoms with Gasteiger partial charge in [-0.2, -0.15) is 4.98 Å². The Labute approximate surface area is 222 Å². The van der Waals surface area contributed by atoms with Crippen LogP contribution in [-0.2, 0) is 5.60 Å². The molecule has 1 aromatic carbocycles. The summed E-state index contributed by atoms with van der Waals surface area (Å²) in [5, 5.41) is 14.2. The molecule has 1 saturated heterocycles. The van der Waals surface area contributed by atoms with Gasteiger partial charge in [-0.1, -0.05) is 6.07 Å². The van der Waals surface area contributed by atoms with E-state index in [2.05, 4.69) is 46.2 Å². The number of halogens is 1. The highest BCUT2D eigenvalue weighted by Crippen LogP contribution is 2.45. The molecule has 0 radical (unpaired) electrons. The van der Waals surface area contributed by atoms with Gasteiger partial charge in [0.25, 0.3) is 0 Å². The molecular weight excluding hydrogens is 481 g/mol. The van der Waals surface area contributed by atoms with Crippen molar-refractivity contribution in [2.75, 3.05) is 43.4 Å². The summed E-state index contributed by atoms with van der Waals surface area (Å²) in [6, 6.07) is 11.7. The summed E-state index contributed by atoms with van der Waals surface area (Å²) in [5.41, 5.74) is 3.74. The number of fused-ring (bicyclic) bond motifs is 1. The Hall–Kier alpha value is -3.56. The Morgan fingerprint density at radius 2 is 1.82 bits per heavy atom. The minimum absolute atomic E-state index is 0.123. The zero-order valence-electron chi connectivity index (χ0n) is 22.4. The third-order valence-corrected chi connectivity index (χ3v) is 7.53. The van der Waals surface area contributed by atoms with E-state index in [1.807, 2.05) is 18.2 Å². The van der Waals surface area contributed by atoms with Crippen molar-refractivity contribution in [3.8, 4) is 5.82 Å². The summed E-state index contributed by atoms with van der Waals surface area (Å²) in [6.07, 6.45) is 3.40. The normalized spacial score (nSPS) is 16.8. The first-order chi connectivity index (χ1) is 18.2. The standard InChI is InChI=1S/C29H34FN7O/c1-18-16-20(10-11-22(18)36-14-12-35(4)13-15-36)32-28-31-17-21-25(30)26(19-8-9-19)37(27(21)34-28)24-7-5-6-23(33-24)29(2,3)38/h5-7,10-11,16-17,19,38H,8-9,12-15H2,1-4H3,(H,31,32,34). The van der Waals surface area contributed by atoms with Gasteiger partial charge in [0.1, 0.15) is 11.4 Å². The zero-order valence-corrected chi connectivity index (χ0v) is 22.4. The predicted octanol–water partition coefficient (Wildman–Crippen LogP) is 4.86. The fourth-order valence-corrected chi connectivity index (χ4v) is 5.21. The molecule has 1 saturated carbocycles. The number of hydrogen-bond donors (Lipinski definition) is 2. The van der Waals surface area contributed by atoms with Gasteiger partial charge < -0.3 is 20.2 Å². The molecule has 2 fully saturated rings. The third-order valence-electron chi connectivity index (χ3n) is 7.53. The average molecular weight is 516 g/mol. The van der Waals surface area contributed by atoms with Gasteiger partial charge in [0.2, 0.25) is 5.95 Å². The van der Waals surface area contributed by atoms with Crippen LogP contribution >= 0.6 is 0 Å². The van der Waals surface area contributed by atoms with E-state index in [9.17, 15) is 5.11 Å². The molecule has 0 spiro atoms. The molecule has 2 N–H and O–H groups in total. The molecule has 4 aromatic rings. The highest BCUT2D eigenvalue weighted by molar-refractivity contribution is 5.81. The van der Waals surface area contributed by atoms with Gasteiger partial charge in [-0.15, -0.1) is 0 Å². The van der Waals surface area contributed by atoms with Crippen molar-refractivity contribution < 1.29 is 9.50 Å². The van der Waals surface area contributed by atoms with Gasteiger partial charge in [-0.25, -0.2) is 14.4 Å². The van der Waals surface area contributed by atoms with E-state index in [4.69, 9.17) is 9.97 Å². The SMILES string of the molecule is Cc1cc(Nc2ncc3c(F)c(C4CC4)n(-c4cccc(C(C)(C)O)n4)c3n2)ccc1N1CCN(C)CC1. The molecule has 0 unspecified atom stereocenters. The molecule has 1 aliphatic carbocycles. The van der Waals surface area contributed by atoms with Crippen LogP contribution in [0.2, 0.25) is 0 Å². The third kappa shape index (κ3) is 4.61. The summed E-state index contributed by atoms with van der Waals surface area (Å²) >= 11 is 0. The molecule has 38 heavy (non-hydrogen) atoms. The van der Waals surface area contributed by atoms with Crippen LogP contribution in [0, 0.1) is 12.7 Å². The summed E-state index contributed by atoms with van der Waals surface area (Å²) in [5.74, 6) is 0.760. The number of nitrogens with zero attached hydrogens (tertiary/aromatic N) is 6. The maximum atomic E-state index is 15.7. The van der Waals surface area contributed by atoms with Gasteiger partial charge in [-0.05, 0) is 76.6 Å². The van der Waals surface area contributed by atoms with E-state index in [0.29, 0.717) is 34.2 Å². The lowest BCUT2D eigenvalue weighted by molar-refractivity contribution is 0.0738. The second-order valence-corrected chi connectivity index (χ2v) is 11.1. The molecule has 6 rings (SSSR count). The Bertz CT molecular complexity index is 1500. The molecule has 1 aliphatic heterocycles. The molecule has 3 aromatic heterocycles. The maximum absolute atomic E-state index is 15.7. The van der Waals surface area contributed by atoms with E-state index >= 15 is 4.39 Å². The first-order valence-corrected chi connectivity index (χ1v) is 13.3. The van der Waals surface area contributed by atoms with Crippen LogP contribution in [0.5, 0.6) is 0 Å².